The van der Waals surface area contributed by atoms with Crippen molar-refractivity contribution in [1.29, 1.82) is 0 Å². The summed E-state index contributed by atoms with van der Waals surface area (Å²) >= 11 is 3.47. The summed E-state index contributed by atoms with van der Waals surface area (Å²) < 4.78 is 8.39. The maximum atomic E-state index is 12.6. The Morgan fingerprint density at radius 1 is 1.24 bits per heavy atom. The Balaban J connectivity index is 2.50. The minimum Gasteiger partial charge on any atom is -0.462 e. The largest absolute Gasteiger partial charge is 0.462 e. The van der Waals surface area contributed by atoms with Crippen LogP contribution >= 0.6 is 15.9 Å². The van der Waals surface area contributed by atoms with Crippen LogP contribution in [-0.2, 0) is 17.7 Å². The minimum atomic E-state index is -0.263. The van der Waals surface area contributed by atoms with Crippen LogP contribution in [0.25, 0.3) is 0 Å². The molecule has 0 radical (unpaired) electrons. The molecule has 1 aromatic heterocycles. The number of hydrogen-bond acceptors (Lipinski definition) is 3. The molecule has 5 heteroatoms. The highest BCUT2D eigenvalue weighted by molar-refractivity contribution is 9.10. The molecule has 136 valence electrons. The number of nitrogens with zero attached hydrogens (tertiary/aromatic N) is 2. The number of esters is 1. The zero-order chi connectivity index (χ0) is 18.4. The van der Waals surface area contributed by atoms with Gasteiger partial charge in [-0.1, -0.05) is 55.3 Å². The number of carbonyl (C=O) groups excluding carboxylic acids is 1. The lowest BCUT2D eigenvalue weighted by Gasteiger charge is -2.10. The van der Waals surface area contributed by atoms with Gasteiger partial charge in [0.2, 0.25) is 0 Å². The number of benzene rings is 1. The first kappa shape index (κ1) is 19.7. The predicted octanol–water partition coefficient (Wildman–Crippen LogP) is 5.34. The molecule has 2 aromatic rings. The summed E-state index contributed by atoms with van der Waals surface area (Å²) in [6, 6.07) is 8.20. The van der Waals surface area contributed by atoms with Crippen LogP contribution in [0.15, 0.2) is 28.7 Å². The molecule has 0 aliphatic rings. The van der Waals surface area contributed by atoms with E-state index in [1.807, 2.05) is 23.7 Å². The number of aromatic nitrogens is 2. The molecule has 1 aromatic carbocycles. The summed E-state index contributed by atoms with van der Waals surface area (Å²) in [5.74, 6) is -0.0907. The van der Waals surface area contributed by atoms with Gasteiger partial charge < -0.3 is 4.74 Å². The van der Waals surface area contributed by atoms with E-state index in [-0.39, 0.29) is 11.9 Å². The fraction of sp³-hybridized carbons (Fsp3) is 0.500. The van der Waals surface area contributed by atoms with Gasteiger partial charge in [0.1, 0.15) is 5.56 Å². The molecule has 0 saturated heterocycles. The number of hydrogen-bond donors (Lipinski definition) is 0. The van der Waals surface area contributed by atoms with Gasteiger partial charge in [-0.25, -0.2) is 4.79 Å². The molecule has 2 rings (SSSR count). The van der Waals surface area contributed by atoms with Crippen LogP contribution in [0, 0.1) is 0 Å². The van der Waals surface area contributed by atoms with Crippen molar-refractivity contribution in [3.63, 3.8) is 0 Å². The quantitative estimate of drug-likeness (QED) is 0.555. The van der Waals surface area contributed by atoms with E-state index in [1.165, 1.54) is 0 Å². The van der Waals surface area contributed by atoms with Crippen LogP contribution < -0.4 is 0 Å². The van der Waals surface area contributed by atoms with E-state index < -0.39 is 0 Å². The Labute approximate surface area is 158 Å². The number of aryl methyl sites for hydroxylation is 1. The number of ether oxygens (including phenoxy) is 1. The maximum Gasteiger partial charge on any atom is 0.341 e. The van der Waals surface area contributed by atoms with Crippen LogP contribution in [-0.4, -0.2) is 22.4 Å². The van der Waals surface area contributed by atoms with Crippen LogP contribution in [0.5, 0.6) is 0 Å². The van der Waals surface area contributed by atoms with Gasteiger partial charge >= 0.3 is 5.97 Å². The van der Waals surface area contributed by atoms with Gasteiger partial charge in [0.15, 0.2) is 0 Å². The number of rotatable bonds is 8. The molecular formula is C20H27BrN2O2. The third-order valence-electron chi connectivity index (χ3n) is 4.12. The van der Waals surface area contributed by atoms with Crippen molar-refractivity contribution in [2.24, 2.45) is 0 Å². The maximum absolute atomic E-state index is 12.6. The topological polar surface area (TPSA) is 44.1 Å². The first-order chi connectivity index (χ1) is 12.0. The van der Waals surface area contributed by atoms with Crippen LogP contribution in [0.4, 0.5) is 0 Å². The average molecular weight is 407 g/mol. The van der Waals surface area contributed by atoms with E-state index in [4.69, 9.17) is 9.84 Å². The smallest absolute Gasteiger partial charge is 0.341 e. The zero-order valence-corrected chi connectivity index (χ0v) is 17.1. The molecule has 0 bridgehead atoms. The molecule has 0 N–H and O–H groups in total. The summed E-state index contributed by atoms with van der Waals surface area (Å²) in [7, 11) is 0. The van der Waals surface area contributed by atoms with Gasteiger partial charge in [-0.2, -0.15) is 5.10 Å². The average Bonchev–Trinajstić information content (AvgIpc) is 2.94. The lowest BCUT2D eigenvalue weighted by atomic mass is 10.00. The summed E-state index contributed by atoms with van der Waals surface area (Å²) in [6.07, 6.45) is 2.79. The highest BCUT2D eigenvalue weighted by atomic mass is 79.9. The van der Waals surface area contributed by atoms with E-state index in [0.29, 0.717) is 18.6 Å². The van der Waals surface area contributed by atoms with Gasteiger partial charge in [-0.05, 0) is 37.0 Å². The molecule has 0 amide bonds. The monoisotopic (exact) mass is 406 g/mol. The first-order valence-corrected chi connectivity index (χ1v) is 9.78. The fourth-order valence-electron chi connectivity index (χ4n) is 2.82. The Hall–Kier alpha value is -1.62. The molecule has 0 unspecified atom stereocenters. The molecule has 0 aliphatic heterocycles. The predicted molar refractivity (Wildman–Crippen MR) is 104 cm³/mol. The van der Waals surface area contributed by atoms with E-state index >= 15 is 0 Å². The summed E-state index contributed by atoms with van der Waals surface area (Å²) in [5.41, 5.74) is 3.59. The van der Waals surface area contributed by atoms with E-state index in [9.17, 15) is 4.79 Å². The van der Waals surface area contributed by atoms with Crippen molar-refractivity contribution in [3.05, 3.63) is 51.3 Å². The SMILES string of the molecule is CCCCn1nc(C(C)C)c(C(=O)OCC)c1Cc1ccc(Br)cc1. The van der Waals surface area contributed by atoms with Crippen molar-refractivity contribution >= 4 is 21.9 Å². The van der Waals surface area contributed by atoms with E-state index in [0.717, 1.165) is 40.8 Å². The molecule has 0 spiro atoms. The third-order valence-corrected chi connectivity index (χ3v) is 4.65. The second kappa shape index (κ2) is 9.18. The Kier molecular flexibility index (Phi) is 7.24. The normalized spacial score (nSPS) is 11.1. The van der Waals surface area contributed by atoms with Gasteiger partial charge in [-0.3, -0.25) is 4.68 Å². The van der Waals surface area contributed by atoms with Gasteiger partial charge in [0.05, 0.1) is 18.0 Å². The Bertz CT molecular complexity index is 705. The van der Waals surface area contributed by atoms with Gasteiger partial charge in [0.25, 0.3) is 0 Å². The Morgan fingerprint density at radius 3 is 2.48 bits per heavy atom. The lowest BCUT2D eigenvalue weighted by Crippen LogP contribution is -2.12. The standard InChI is InChI=1S/C20H27BrN2O2/c1-5-7-12-23-17(13-15-8-10-16(21)11-9-15)18(20(24)25-6-2)19(22-23)14(3)4/h8-11,14H,5-7,12-13H2,1-4H3. The van der Waals surface area contributed by atoms with Crippen molar-refractivity contribution in [1.82, 2.24) is 9.78 Å². The molecule has 25 heavy (non-hydrogen) atoms. The molecule has 0 aliphatic carbocycles. The van der Waals surface area contributed by atoms with E-state index in [2.05, 4.69) is 48.8 Å². The van der Waals surface area contributed by atoms with Crippen molar-refractivity contribution < 1.29 is 9.53 Å². The second-order valence-corrected chi connectivity index (χ2v) is 7.38. The fourth-order valence-corrected chi connectivity index (χ4v) is 3.08. The molecule has 4 nitrogen and oxygen atoms in total. The summed E-state index contributed by atoms with van der Waals surface area (Å²) in [4.78, 5) is 12.6. The van der Waals surface area contributed by atoms with Crippen LogP contribution in [0.3, 0.4) is 0 Å². The minimum absolute atomic E-state index is 0.172. The van der Waals surface area contributed by atoms with Crippen molar-refractivity contribution in [2.45, 2.75) is 59.4 Å². The highest BCUT2D eigenvalue weighted by Gasteiger charge is 2.26. The summed E-state index contributed by atoms with van der Waals surface area (Å²) in [6.45, 7) is 9.32. The molecule has 1 heterocycles. The number of carbonyl (C=O) groups is 1. The second-order valence-electron chi connectivity index (χ2n) is 6.46. The van der Waals surface area contributed by atoms with Gasteiger partial charge in [0, 0.05) is 17.4 Å². The van der Waals surface area contributed by atoms with Crippen LogP contribution in [0.2, 0.25) is 0 Å². The highest BCUT2D eigenvalue weighted by Crippen LogP contribution is 2.26. The molecule has 0 atom stereocenters. The van der Waals surface area contributed by atoms with Crippen LogP contribution in [0.1, 0.15) is 73.8 Å². The third kappa shape index (κ3) is 4.94. The first-order valence-electron chi connectivity index (χ1n) is 8.99. The Morgan fingerprint density at radius 2 is 1.92 bits per heavy atom. The molecule has 0 fully saturated rings. The number of unbranched alkanes of at least 4 members (excludes halogenated alkanes) is 1. The number of halogens is 1. The van der Waals surface area contributed by atoms with E-state index in [1.54, 1.807) is 0 Å². The lowest BCUT2D eigenvalue weighted by molar-refractivity contribution is 0.0523. The molecular weight excluding hydrogens is 380 g/mol. The van der Waals surface area contributed by atoms with Crippen molar-refractivity contribution in [3.8, 4) is 0 Å². The molecule has 0 saturated carbocycles. The summed E-state index contributed by atoms with van der Waals surface area (Å²) in [5, 5.41) is 4.77. The van der Waals surface area contributed by atoms with Gasteiger partial charge in [-0.15, -0.1) is 0 Å². The zero-order valence-electron chi connectivity index (χ0n) is 15.5. The van der Waals surface area contributed by atoms with Crippen molar-refractivity contribution in [2.75, 3.05) is 6.61 Å².